The summed E-state index contributed by atoms with van der Waals surface area (Å²) in [6.45, 7) is 0. The van der Waals surface area contributed by atoms with Crippen LogP contribution in [-0.4, -0.2) is 68.3 Å². The van der Waals surface area contributed by atoms with Crippen LogP contribution in [0.5, 0.6) is 69.0 Å². The SMILES string of the molecule is COc1ccc(-c2cc3ccc(Oc4cccc5c4-c4nc-5nc5[nH]c(nc6nc(nc7[nH]c(n4)c4cccc(Oc8ccc9cc(-c%10ccc(OC)cc%10)c(=O)oc9c8)c74)-c4cccc(Oc7ccc8cc(-c9ccc(OC)cc9)c(=O)oc8c7)c4-6)c4cccc(Oc6ccc7cc(-c8ccc(OC)cc8)c(=O)oc7c6)c54)cc3oc2=O)cc1. The molecule has 21 rings (SSSR count). The Morgan fingerprint density at radius 1 is 0.250 bits per heavy atom. The predicted octanol–water partition coefficient (Wildman–Crippen LogP) is 21.2. The minimum atomic E-state index is -0.553. The van der Waals surface area contributed by atoms with E-state index in [0.717, 1.165) is 0 Å². The average molecular weight is 1580 g/mol. The third kappa shape index (κ3) is 12.7. The van der Waals surface area contributed by atoms with Gasteiger partial charge < -0.3 is 65.5 Å². The minimum Gasteiger partial charge on any atom is -0.497 e. The van der Waals surface area contributed by atoms with Crippen molar-refractivity contribution in [3.8, 4) is 159 Å². The Morgan fingerprint density at radius 3 is 0.817 bits per heavy atom. The lowest BCUT2D eigenvalue weighted by atomic mass is 10.1. The minimum absolute atomic E-state index is 0.152. The number of hydrogen-bond acceptors (Lipinski definition) is 22. The first-order valence-corrected chi connectivity index (χ1v) is 37.7. The van der Waals surface area contributed by atoms with Crippen LogP contribution in [0, 0.1) is 0 Å². The van der Waals surface area contributed by atoms with Crippen molar-refractivity contribution in [2.75, 3.05) is 28.4 Å². The number of aromatic nitrogens is 8. The molecule has 7 aromatic heterocycles. The maximum Gasteiger partial charge on any atom is 0.344 e. The highest BCUT2D eigenvalue weighted by molar-refractivity contribution is 6.10. The molecule has 2 aliphatic heterocycles. The number of rotatable bonds is 16. The van der Waals surface area contributed by atoms with E-state index in [1.807, 2.05) is 72.8 Å². The van der Waals surface area contributed by atoms with Crippen molar-refractivity contribution in [3.63, 3.8) is 0 Å². The standard InChI is InChI=1S/C96H58N8O16/c1-109-57-29-17-49(18-30-57)69-41-53-25-37-61(45-77(53)117-93(69)105)113-73-13-5-9-65-81(73)89-97-85(65)102-90-83-67(11-7-15-75(83)115-63-39-27-55-43-71(95(107)119-79(55)47-63)51-21-33-59(111-3)34-22-51)87(99-90)104-92-84-68(12-8-16-76(84)116-64-40-28-56-44-72(96(108)120-80(56)48-64)52-23-35-60(112-4)36-24-52)88(100-92)103-91-82-66(86(98-91)101-89)10-6-14-74(82)114-62-38-26-54-42-70(94(106)118-78(54)46-62)50-19-31-58(110-2)32-20-50/h5-48H,1-4H3,(H2,97,98,99,100,101,102,103,104). The zero-order valence-corrected chi connectivity index (χ0v) is 63.6. The summed E-state index contributed by atoms with van der Waals surface area (Å²) >= 11 is 0. The molecule has 19 aromatic rings. The van der Waals surface area contributed by atoms with Crippen LogP contribution in [-0.2, 0) is 0 Å². The van der Waals surface area contributed by atoms with Gasteiger partial charge in [0.2, 0.25) is 0 Å². The number of ether oxygens (including phenoxy) is 8. The van der Waals surface area contributed by atoms with Crippen molar-refractivity contribution in [1.82, 2.24) is 39.9 Å². The Morgan fingerprint density at radius 2 is 0.517 bits per heavy atom. The van der Waals surface area contributed by atoms with Gasteiger partial charge in [-0.25, -0.2) is 49.1 Å². The lowest BCUT2D eigenvalue weighted by Crippen LogP contribution is -2.02. The number of aromatic amines is 2. The molecule has 12 aromatic carbocycles. The topological polar surface area (TPSA) is 304 Å². The fourth-order valence-electron chi connectivity index (χ4n) is 15.2. The van der Waals surface area contributed by atoms with Gasteiger partial charge in [0, 0.05) is 67.7 Å². The van der Waals surface area contributed by atoms with E-state index in [4.69, 9.17) is 85.5 Å². The number of benzene rings is 12. The molecule has 0 aliphatic carbocycles. The fraction of sp³-hybridized carbons (Fsp3) is 0.0417. The Kier molecular flexibility index (Phi) is 17.0. The van der Waals surface area contributed by atoms with Crippen LogP contribution in [0.25, 0.3) is 178 Å². The van der Waals surface area contributed by atoms with Crippen LogP contribution < -0.4 is 60.4 Å². The number of methoxy groups -OCH3 is 4. The molecule has 24 nitrogen and oxygen atoms in total. The molecule has 0 saturated carbocycles. The summed E-state index contributed by atoms with van der Waals surface area (Å²) in [5.41, 5.74) is 5.82. The van der Waals surface area contributed by atoms with Gasteiger partial charge >= 0.3 is 22.5 Å². The van der Waals surface area contributed by atoms with Crippen molar-refractivity contribution in [1.29, 1.82) is 0 Å². The molecule has 2 N–H and O–H groups in total. The van der Waals surface area contributed by atoms with Gasteiger partial charge in [-0.3, -0.25) is 0 Å². The summed E-state index contributed by atoms with van der Waals surface area (Å²) in [7, 11) is 6.31. The van der Waals surface area contributed by atoms with Gasteiger partial charge in [-0.2, -0.15) is 0 Å². The molecule has 0 unspecified atom stereocenters. The van der Waals surface area contributed by atoms with E-state index in [0.29, 0.717) is 179 Å². The molecular weight excluding hydrogens is 1520 g/mol. The largest absolute Gasteiger partial charge is 0.497 e. The monoisotopic (exact) mass is 1580 g/mol. The molecule has 0 saturated heterocycles. The van der Waals surface area contributed by atoms with Gasteiger partial charge in [-0.05, 0) is 168 Å². The smallest absolute Gasteiger partial charge is 0.344 e. The summed E-state index contributed by atoms with van der Waals surface area (Å²) in [5, 5.41) is 4.53. The second-order valence-corrected chi connectivity index (χ2v) is 28.2. The lowest BCUT2D eigenvalue weighted by molar-refractivity contribution is 0.414. The maximum atomic E-state index is 13.8. The number of H-pyrrole nitrogens is 2. The van der Waals surface area contributed by atoms with Gasteiger partial charge in [0.25, 0.3) is 0 Å². The molecule has 8 bridgehead atoms. The molecule has 0 fully saturated rings. The first-order valence-electron chi connectivity index (χ1n) is 37.7. The highest BCUT2D eigenvalue weighted by Gasteiger charge is 2.30. The van der Waals surface area contributed by atoms with Crippen molar-refractivity contribution in [2.45, 2.75) is 0 Å². The first-order chi connectivity index (χ1) is 58.8. The predicted molar refractivity (Wildman–Crippen MR) is 454 cm³/mol. The van der Waals surface area contributed by atoms with Gasteiger partial charge in [-0.1, -0.05) is 97.1 Å². The molecule has 24 heteroatoms. The molecule has 0 spiro atoms. The number of nitrogens with one attached hydrogen (secondary N) is 2. The van der Waals surface area contributed by atoms with Crippen molar-refractivity contribution >= 4 is 88.0 Å². The Hall–Kier alpha value is -16.8. The lowest BCUT2D eigenvalue weighted by Gasteiger charge is -2.11. The first kappa shape index (κ1) is 71.1. The van der Waals surface area contributed by atoms with Crippen LogP contribution in [0.15, 0.2) is 304 Å². The molecule has 578 valence electrons. The average Bonchev–Trinajstić information content (AvgIpc) is 1.59. The summed E-state index contributed by atoms with van der Waals surface area (Å²) in [5.74, 6) is 5.76. The molecular formula is C96H58N8O16. The van der Waals surface area contributed by atoms with Crippen molar-refractivity contribution in [3.05, 3.63) is 309 Å². The van der Waals surface area contributed by atoms with E-state index in [9.17, 15) is 19.2 Å². The molecule has 0 amide bonds. The van der Waals surface area contributed by atoms with Crippen molar-refractivity contribution < 1.29 is 55.6 Å². The maximum absolute atomic E-state index is 13.8. The van der Waals surface area contributed by atoms with E-state index in [1.165, 1.54) is 0 Å². The summed E-state index contributed by atoms with van der Waals surface area (Å²) < 4.78 is 73.3. The second kappa shape index (κ2) is 28.7. The highest BCUT2D eigenvalue weighted by atomic mass is 16.5. The van der Waals surface area contributed by atoms with Gasteiger partial charge in [-0.15, -0.1) is 0 Å². The van der Waals surface area contributed by atoms with E-state index < -0.39 is 22.5 Å². The second-order valence-electron chi connectivity index (χ2n) is 28.2. The normalized spacial score (nSPS) is 11.6. The van der Waals surface area contributed by atoms with Crippen molar-refractivity contribution in [2.24, 2.45) is 0 Å². The molecule has 120 heavy (non-hydrogen) atoms. The van der Waals surface area contributed by atoms with Crippen LogP contribution in [0.1, 0.15) is 0 Å². The van der Waals surface area contributed by atoms with Crippen LogP contribution in [0.3, 0.4) is 0 Å². The Balaban J connectivity index is 0.762. The molecule has 2 aliphatic rings. The fourth-order valence-corrected chi connectivity index (χ4v) is 15.2. The van der Waals surface area contributed by atoms with Gasteiger partial charge in [0.15, 0.2) is 23.3 Å². The summed E-state index contributed by atoms with van der Waals surface area (Å²) in [4.78, 5) is 94.8. The summed E-state index contributed by atoms with van der Waals surface area (Å²) in [6, 6.07) is 78.5. The van der Waals surface area contributed by atoms with Crippen LogP contribution >= 0.6 is 0 Å². The molecule has 0 atom stereocenters. The van der Waals surface area contributed by atoms with E-state index in [2.05, 4.69) is 9.97 Å². The van der Waals surface area contributed by atoms with E-state index in [1.54, 1.807) is 223 Å². The highest BCUT2D eigenvalue weighted by Crippen LogP contribution is 2.48. The zero-order chi connectivity index (χ0) is 81.0. The summed E-state index contributed by atoms with van der Waals surface area (Å²) in [6.07, 6.45) is 0. The van der Waals surface area contributed by atoms with E-state index >= 15 is 0 Å². The number of fused-ring (bicyclic) bond motifs is 24. The van der Waals surface area contributed by atoms with Gasteiger partial charge in [0.05, 0.1) is 72.6 Å². The number of hydrogen-bond donors (Lipinski definition) is 2. The van der Waals surface area contributed by atoms with E-state index in [-0.39, 0.29) is 68.2 Å². The molecule has 9 heterocycles. The van der Waals surface area contributed by atoms with Gasteiger partial charge in [0.1, 0.15) is 114 Å². The van der Waals surface area contributed by atoms with Crippen LogP contribution in [0.4, 0.5) is 0 Å². The Bertz CT molecular complexity index is 7490. The molecule has 0 radical (unpaired) electrons. The third-order valence-electron chi connectivity index (χ3n) is 21.1. The zero-order valence-electron chi connectivity index (χ0n) is 63.6. The third-order valence-corrected chi connectivity index (χ3v) is 21.1. The Labute approximate surface area is 675 Å². The number of nitrogens with zero attached hydrogens (tertiary/aromatic N) is 6. The van der Waals surface area contributed by atoms with Crippen LogP contribution in [0.2, 0.25) is 0 Å². The quantitative estimate of drug-likeness (QED) is 0.0849.